The molecule has 0 saturated heterocycles. The minimum absolute atomic E-state index is 0.265. The van der Waals surface area contributed by atoms with Gasteiger partial charge in [0.25, 0.3) is 0 Å². The van der Waals surface area contributed by atoms with Crippen molar-refractivity contribution in [1.29, 1.82) is 0 Å². The molecule has 4 aliphatic carbocycles. The van der Waals surface area contributed by atoms with Gasteiger partial charge in [-0.3, -0.25) is 9.59 Å². The highest BCUT2D eigenvalue weighted by Gasteiger charge is 2.60. The van der Waals surface area contributed by atoms with Crippen molar-refractivity contribution in [2.45, 2.75) is 78.6 Å². The number of carbonyl (C=O) groups excluding carboxylic acids is 2. The summed E-state index contributed by atoms with van der Waals surface area (Å²) in [5.41, 5.74) is 0.660. The second-order valence-corrected chi connectivity index (χ2v) is 9.68. The van der Waals surface area contributed by atoms with E-state index in [1.807, 2.05) is 6.92 Å². The molecule has 0 aromatic heterocycles. The van der Waals surface area contributed by atoms with Crippen molar-refractivity contribution in [3.8, 4) is 0 Å². The maximum atomic E-state index is 12.2. The van der Waals surface area contributed by atoms with Crippen LogP contribution in [0.2, 0.25) is 0 Å². The first kappa shape index (κ1) is 15.8. The van der Waals surface area contributed by atoms with E-state index < -0.39 is 0 Å². The van der Waals surface area contributed by atoms with Crippen LogP contribution in [0.5, 0.6) is 0 Å². The van der Waals surface area contributed by atoms with Crippen LogP contribution in [0.3, 0.4) is 0 Å². The Morgan fingerprint density at radius 3 is 2.43 bits per heavy atom. The Kier molecular flexibility index (Phi) is 3.56. The molecule has 4 saturated carbocycles. The Hall–Kier alpha value is -0.660. The molecule has 0 amide bonds. The second kappa shape index (κ2) is 5.17. The quantitative estimate of drug-likeness (QED) is 0.696. The normalized spacial score (nSPS) is 52.5. The van der Waals surface area contributed by atoms with Crippen LogP contribution in [-0.2, 0) is 9.59 Å². The van der Waals surface area contributed by atoms with E-state index in [1.165, 1.54) is 32.1 Å². The van der Waals surface area contributed by atoms with Gasteiger partial charge in [0.15, 0.2) is 0 Å². The molecular formula is C21H32O2. The number of hydrogen-bond acceptors (Lipinski definition) is 2. The summed E-state index contributed by atoms with van der Waals surface area (Å²) in [5, 5.41) is 0. The Bertz CT molecular complexity index is 538. The number of carbonyl (C=O) groups is 2. The van der Waals surface area contributed by atoms with Crippen LogP contribution in [0.15, 0.2) is 0 Å². The molecule has 4 fully saturated rings. The highest BCUT2D eigenvalue weighted by molar-refractivity contribution is 5.80. The van der Waals surface area contributed by atoms with Gasteiger partial charge in [-0.25, -0.2) is 0 Å². The molecule has 0 heterocycles. The van der Waals surface area contributed by atoms with E-state index in [-0.39, 0.29) is 5.41 Å². The number of rotatable bonds is 1. The topological polar surface area (TPSA) is 34.1 Å². The van der Waals surface area contributed by atoms with Crippen molar-refractivity contribution in [2.75, 3.05) is 0 Å². The lowest BCUT2D eigenvalue weighted by molar-refractivity contribution is -0.143. The molecule has 23 heavy (non-hydrogen) atoms. The summed E-state index contributed by atoms with van der Waals surface area (Å²) in [4.78, 5) is 24.1. The van der Waals surface area contributed by atoms with Gasteiger partial charge < -0.3 is 0 Å². The molecule has 4 aliphatic rings. The largest absolute Gasteiger partial charge is 0.300 e. The summed E-state index contributed by atoms with van der Waals surface area (Å²) in [6.07, 6.45) is 10.3. The number of ketones is 2. The molecule has 0 radical (unpaired) electrons. The Labute approximate surface area is 140 Å². The van der Waals surface area contributed by atoms with Crippen LogP contribution in [0, 0.1) is 40.4 Å². The van der Waals surface area contributed by atoms with E-state index in [1.54, 1.807) is 0 Å². The molecule has 2 nitrogen and oxygen atoms in total. The third kappa shape index (κ3) is 2.12. The zero-order chi connectivity index (χ0) is 16.4. The van der Waals surface area contributed by atoms with Crippen LogP contribution in [-0.4, -0.2) is 11.6 Å². The summed E-state index contributed by atoms with van der Waals surface area (Å²) in [5.74, 6) is 4.25. The molecule has 128 valence electrons. The number of hydrogen-bond donors (Lipinski definition) is 0. The van der Waals surface area contributed by atoms with Gasteiger partial charge in [-0.15, -0.1) is 0 Å². The van der Waals surface area contributed by atoms with Crippen molar-refractivity contribution in [1.82, 2.24) is 0 Å². The fraction of sp³-hybridized carbons (Fsp3) is 0.905. The fourth-order valence-electron chi connectivity index (χ4n) is 7.71. The van der Waals surface area contributed by atoms with Crippen molar-refractivity contribution < 1.29 is 9.59 Å². The highest BCUT2D eigenvalue weighted by atomic mass is 16.1. The molecule has 0 bridgehead atoms. The molecule has 0 aliphatic heterocycles. The summed E-state index contributed by atoms with van der Waals surface area (Å²) in [6, 6.07) is 0. The summed E-state index contributed by atoms with van der Waals surface area (Å²) in [7, 11) is 0. The molecule has 0 spiro atoms. The van der Waals surface area contributed by atoms with Crippen LogP contribution in [0.4, 0.5) is 0 Å². The first-order chi connectivity index (χ1) is 10.9. The Morgan fingerprint density at radius 1 is 0.957 bits per heavy atom. The predicted octanol–water partition coefficient (Wildman–Crippen LogP) is 4.80. The number of fused-ring (bicyclic) bond motifs is 5. The molecule has 4 rings (SSSR count). The Morgan fingerprint density at radius 2 is 1.70 bits per heavy atom. The molecular weight excluding hydrogens is 284 g/mol. The number of Topliss-reactive ketones (excluding diaryl/α,β-unsaturated/α-hetero) is 2. The summed E-state index contributed by atoms with van der Waals surface area (Å²) in [6.45, 7) is 6.74. The van der Waals surface area contributed by atoms with Gasteiger partial charge in [0, 0.05) is 18.8 Å². The lowest BCUT2D eigenvalue weighted by atomic mass is 9.44. The molecule has 0 aromatic rings. The SMILES string of the molecule is CC(=O)[C@H]1CC[C@H]2[C@@H]3CC[C@@H]4CC(=O)CC[C@@]4(C)[C@@H]3CC[C@]12C. The van der Waals surface area contributed by atoms with E-state index in [9.17, 15) is 9.59 Å². The minimum Gasteiger partial charge on any atom is -0.300 e. The van der Waals surface area contributed by atoms with E-state index in [4.69, 9.17) is 0 Å². The fourth-order valence-corrected chi connectivity index (χ4v) is 7.71. The van der Waals surface area contributed by atoms with Gasteiger partial charge in [-0.1, -0.05) is 13.8 Å². The van der Waals surface area contributed by atoms with Crippen molar-refractivity contribution in [3.05, 3.63) is 0 Å². The van der Waals surface area contributed by atoms with E-state index in [0.717, 1.165) is 43.4 Å². The molecule has 2 heteroatoms. The minimum atomic E-state index is 0.265. The highest BCUT2D eigenvalue weighted by Crippen LogP contribution is 2.67. The first-order valence-electron chi connectivity index (χ1n) is 9.88. The standard InChI is InChI=1S/C21H32O2/c1-13(22)17-6-7-18-16-5-4-14-12-15(23)8-10-20(14,2)19(16)9-11-21(17,18)3/h14,16-19H,4-12H2,1-3H3/t14-,16+,17-,18+,19-,20-,21-/m1/s1. The lowest BCUT2D eigenvalue weighted by Gasteiger charge is -2.60. The maximum Gasteiger partial charge on any atom is 0.133 e. The summed E-state index contributed by atoms with van der Waals surface area (Å²) < 4.78 is 0. The van der Waals surface area contributed by atoms with Gasteiger partial charge in [0.05, 0.1) is 0 Å². The first-order valence-corrected chi connectivity index (χ1v) is 9.88. The zero-order valence-corrected chi connectivity index (χ0v) is 15.1. The predicted molar refractivity (Wildman–Crippen MR) is 90.9 cm³/mol. The van der Waals surface area contributed by atoms with Gasteiger partial charge in [-0.2, -0.15) is 0 Å². The smallest absolute Gasteiger partial charge is 0.133 e. The summed E-state index contributed by atoms with van der Waals surface area (Å²) >= 11 is 0. The Balaban J connectivity index is 1.63. The van der Waals surface area contributed by atoms with Crippen LogP contribution < -0.4 is 0 Å². The van der Waals surface area contributed by atoms with Gasteiger partial charge in [0.2, 0.25) is 0 Å². The second-order valence-electron chi connectivity index (χ2n) is 9.68. The van der Waals surface area contributed by atoms with E-state index >= 15 is 0 Å². The van der Waals surface area contributed by atoms with Crippen molar-refractivity contribution >= 4 is 11.6 Å². The van der Waals surface area contributed by atoms with Crippen molar-refractivity contribution in [2.24, 2.45) is 40.4 Å². The maximum absolute atomic E-state index is 12.2. The third-order valence-electron chi connectivity index (χ3n) is 8.97. The van der Waals surface area contributed by atoms with Gasteiger partial charge >= 0.3 is 0 Å². The monoisotopic (exact) mass is 316 g/mol. The van der Waals surface area contributed by atoms with Crippen LogP contribution in [0.1, 0.15) is 78.6 Å². The molecule has 7 atom stereocenters. The molecule has 0 unspecified atom stereocenters. The van der Waals surface area contributed by atoms with Crippen LogP contribution in [0.25, 0.3) is 0 Å². The average molecular weight is 316 g/mol. The van der Waals surface area contributed by atoms with Gasteiger partial charge in [0.1, 0.15) is 11.6 Å². The molecule has 0 aromatic carbocycles. The lowest BCUT2D eigenvalue weighted by Crippen LogP contribution is -2.53. The van der Waals surface area contributed by atoms with Crippen molar-refractivity contribution in [3.63, 3.8) is 0 Å². The third-order valence-corrected chi connectivity index (χ3v) is 8.97. The van der Waals surface area contributed by atoms with Gasteiger partial charge in [-0.05, 0) is 86.4 Å². The average Bonchev–Trinajstić information content (AvgIpc) is 2.85. The van der Waals surface area contributed by atoms with Crippen LogP contribution >= 0.6 is 0 Å². The van der Waals surface area contributed by atoms with E-state index in [2.05, 4.69) is 13.8 Å². The zero-order valence-electron chi connectivity index (χ0n) is 15.1. The molecule has 0 N–H and O–H groups in total. The van der Waals surface area contributed by atoms with E-state index in [0.29, 0.717) is 28.8 Å².